The molecule has 1 heterocycles. The molecule has 1 aromatic carbocycles. The van der Waals surface area contributed by atoms with Gasteiger partial charge in [-0.2, -0.15) is 13.2 Å². The van der Waals surface area contributed by atoms with Gasteiger partial charge in [-0.05, 0) is 51.5 Å². The lowest BCUT2D eigenvalue weighted by molar-refractivity contribution is -0.138. The monoisotopic (exact) mass is 299 g/mol. The summed E-state index contributed by atoms with van der Waals surface area (Å²) >= 11 is 0. The summed E-state index contributed by atoms with van der Waals surface area (Å²) in [6.45, 7) is 6.48. The Bertz CT molecular complexity index is 693. The lowest BCUT2D eigenvalue weighted by atomic mass is 10.1. The molecule has 0 atom stereocenters. The van der Waals surface area contributed by atoms with Crippen LogP contribution in [0.2, 0.25) is 0 Å². The van der Waals surface area contributed by atoms with E-state index >= 15 is 0 Å². The van der Waals surface area contributed by atoms with Gasteiger partial charge in [0.1, 0.15) is 5.60 Å². The summed E-state index contributed by atoms with van der Waals surface area (Å²) in [5.74, 6) is 0. The van der Waals surface area contributed by atoms with E-state index in [9.17, 15) is 18.0 Å². The Morgan fingerprint density at radius 2 is 1.81 bits per heavy atom. The van der Waals surface area contributed by atoms with Gasteiger partial charge in [0, 0.05) is 11.6 Å². The van der Waals surface area contributed by atoms with Crippen LogP contribution in [0.4, 0.5) is 18.0 Å². The molecule has 1 aromatic heterocycles. The normalized spacial score (nSPS) is 12.7. The minimum absolute atomic E-state index is 0.122. The number of nitrogens with zero attached hydrogens (tertiary/aromatic N) is 1. The average Bonchev–Trinajstić information content (AvgIpc) is 2.66. The van der Waals surface area contributed by atoms with Crippen LogP contribution in [-0.4, -0.2) is 16.3 Å². The predicted molar refractivity (Wildman–Crippen MR) is 73.3 cm³/mol. The van der Waals surface area contributed by atoms with Crippen LogP contribution in [0.5, 0.6) is 0 Å². The fourth-order valence-corrected chi connectivity index (χ4v) is 2.07. The highest BCUT2D eigenvalue weighted by Crippen LogP contribution is 2.34. The maximum Gasteiger partial charge on any atom is 0.418 e. The van der Waals surface area contributed by atoms with Crippen LogP contribution in [0.25, 0.3) is 10.9 Å². The van der Waals surface area contributed by atoms with Gasteiger partial charge in [0.2, 0.25) is 0 Å². The van der Waals surface area contributed by atoms with Crippen molar-refractivity contribution in [3.63, 3.8) is 0 Å². The highest BCUT2D eigenvalue weighted by Gasteiger charge is 2.33. The third-order valence-corrected chi connectivity index (χ3v) is 2.93. The number of alkyl halides is 3. The highest BCUT2D eigenvalue weighted by molar-refractivity contribution is 5.90. The fraction of sp³-hybridized carbons (Fsp3) is 0.400. The number of rotatable bonds is 0. The van der Waals surface area contributed by atoms with Crippen LogP contribution in [0, 0.1) is 6.92 Å². The van der Waals surface area contributed by atoms with Gasteiger partial charge < -0.3 is 4.74 Å². The number of hydrogen-bond acceptors (Lipinski definition) is 2. The molecule has 0 saturated carbocycles. The second-order valence-electron chi connectivity index (χ2n) is 5.89. The summed E-state index contributed by atoms with van der Waals surface area (Å²) < 4.78 is 45.2. The molecule has 3 nitrogen and oxygen atoms in total. The molecule has 0 aliphatic heterocycles. The van der Waals surface area contributed by atoms with E-state index < -0.39 is 23.4 Å². The number of hydrogen-bond donors (Lipinski definition) is 0. The standard InChI is InChI=1S/C15H16F3NO2/c1-9-7-10-5-6-19(13(20)21-14(2,3)4)12(10)8-11(9)15(16,17)18/h5-8H,1-4H3. The zero-order valence-corrected chi connectivity index (χ0v) is 12.2. The number of halogens is 3. The van der Waals surface area contributed by atoms with E-state index in [0.717, 1.165) is 10.6 Å². The molecule has 114 valence electrons. The maximum atomic E-state index is 13.0. The Kier molecular flexibility index (Phi) is 3.51. The van der Waals surface area contributed by atoms with Gasteiger partial charge >= 0.3 is 12.3 Å². The van der Waals surface area contributed by atoms with E-state index in [1.807, 2.05) is 0 Å². The van der Waals surface area contributed by atoms with Gasteiger partial charge in [-0.25, -0.2) is 4.79 Å². The Balaban J connectivity index is 2.55. The zero-order valence-electron chi connectivity index (χ0n) is 12.2. The lowest BCUT2D eigenvalue weighted by Gasteiger charge is -2.20. The first-order chi connectivity index (χ1) is 9.49. The van der Waals surface area contributed by atoms with Crippen molar-refractivity contribution in [2.45, 2.75) is 39.5 Å². The molecule has 2 rings (SSSR count). The molecular formula is C15H16F3NO2. The van der Waals surface area contributed by atoms with Crippen molar-refractivity contribution in [3.8, 4) is 0 Å². The lowest BCUT2D eigenvalue weighted by Crippen LogP contribution is -2.26. The molecule has 0 bridgehead atoms. The number of aromatic nitrogens is 1. The van der Waals surface area contributed by atoms with Crippen LogP contribution in [0.1, 0.15) is 31.9 Å². The minimum atomic E-state index is -4.46. The van der Waals surface area contributed by atoms with Gasteiger partial charge in [0.15, 0.2) is 0 Å². The van der Waals surface area contributed by atoms with E-state index in [1.165, 1.54) is 19.2 Å². The van der Waals surface area contributed by atoms with Gasteiger partial charge in [-0.15, -0.1) is 0 Å². The Morgan fingerprint density at radius 3 is 2.33 bits per heavy atom. The Labute approximate surface area is 120 Å². The Morgan fingerprint density at radius 1 is 1.19 bits per heavy atom. The summed E-state index contributed by atoms with van der Waals surface area (Å²) in [7, 11) is 0. The van der Waals surface area contributed by atoms with Crippen LogP contribution in [-0.2, 0) is 10.9 Å². The molecule has 0 N–H and O–H groups in total. The summed E-state index contributed by atoms with van der Waals surface area (Å²) in [5, 5.41) is 0.561. The van der Waals surface area contributed by atoms with Gasteiger partial charge in [-0.1, -0.05) is 0 Å². The molecule has 2 aromatic rings. The van der Waals surface area contributed by atoms with Crippen molar-refractivity contribution in [3.05, 3.63) is 35.5 Å². The summed E-state index contributed by atoms with van der Waals surface area (Å²) in [4.78, 5) is 12.0. The quantitative estimate of drug-likeness (QED) is 0.703. The third-order valence-electron chi connectivity index (χ3n) is 2.93. The van der Waals surface area contributed by atoms with Gasteiger partial charge in [0.25, 0.3) is 0 Å². The van der Waals surface area contributed by atoms with Crippen molar-refractivity contribution in [1.82, 2.24) is 4.57 Å². The first-order valence-electron chi connectivity index (χ1n) is 6.41. The number of fused-ring (bicyclic) bond motifs is 1. The molecule has 0 unspecified atom stereocenters. The summed E-state index contributed by atoms with van der Waals surface area (Å²) in [6, 6.07) is 3.99. The number of aryl methyl sites for hydroxylation is 1. The predicted octanol–water partition coefficient (Wildman–Crippen LogP) is 4.75. The van der Waals surface area contributed by atoms with Gasteiger partial charge in [0.05, 0.1) is 11.1 Å². The largest absolute Gasteiger partial charge is 0.443 e. The highest BCUT2D eigenvalue weighted by atomic mass is 19.4. The molecule has 21 heavy (non-hydrogen) atoms. The van der Waals surface area contributed by atoms with Crippen LogP contribution in [0.15, 0.2) is 24.4 Å². The van der Waals surface area contributed by atoms with E-state index in [0.29, 0.717) is 5.39 Å². The molecule has 0 radical (unpaired) electrons. The van der Waals surface area contributed by atoms with Crippen LogP contribution in [0.3, 0.4) is 0 Å². The van der Waals surface area contributed by atoms with Crippen molar-refractivity contribution < 1.29 is 22.7 Å². The molecule has 0 spiro atoms. The number of carbonyl (C=O) groups excluding carboxylic acids is 1. The van der Waals surface area contributed by atoms with E-state index in [-0.39, 0.29) is 11.1 Å². The van der Waals surface area contributed by atoms with Crippen LogP contribution < -0.4 is 0 Å². The first-order valence-corrected chi connectivity index (χ1v) is 6.41. The van der Waals surface area contributed by atoms with Crippen LogP contribution >= 0.6 is 0 Å². The second kappa shape index (κ2) is 4.79. The number of carbonyl (C=O) groups is 1. The Hall–Kier alpha value is -1.98. The number of ether oxygens (including phenoxy) is 1. The zero-order chi connectivity index (χ0) is 16.0. The van der Waals surface area contributed by atoms with E-state index in [1.54, 1.807) is 26.8 Å². The van der Waals surface area contributed by atoms with E-state index in [2.05, 4.69) is 0 Å². The smallest absolute Gasteiger partial charge is 0.418 e. The maximum absolute atomic E-state index is 13.0. The average molecular weight is 299 g/mol. The number of benzene rings is 1. The summed E-state index contributed by atoms with van der Waals surface area (Å²) in [5.41, 5.74) is -1.16. The third kappa shape index (κ3) is 3.20. The molecule has 0 saturated heterocycles. The van der Waals surface area contributed by atoms with Crippen molar-refractivity contribution in [2.24, 2.45) is 0 Å². The molecule has 0 aliphatic carbocycles. The van der Waals surface area contributed by atoms with Crippen molar-refractivity contribution in [1.29, 1.82) is 0 Å². The molecular weight excluding hydrogens is 283 g/mol. The molecule has 0 aliphatic rings. The fourth-order valence-electron chi connectivity index (χ4n) is 2.07. The first kappa shape index (κ1) is 15.4. The topological polar surface area (TPSA) is 31.2 Å². The molecule has 0 amide bonds. The van der Waals surface area contributed by atoms with Crippen molar-refractivity contribution >= 4 is 17.0 Å². The SMILES string of the molecule is Cc1cc2ccn(C(=O)OC(C)(C)C)c2cc1C(F)(F)F. The summed E-state index contributed by atoms with van der Waals surface area (Å²) in [6.07, 6.45) is -3.74. The second-order valence-corrected chi connectivity index (χ2v) is 5.89. The minimum Gasteiger partial charge on any atom is -0.443 e. The van der Waals surface area contributed by atoms with Gasteiger partial charge in [-0.3, -0.25) is 4.57 Å². The molecule has 6 heteroatoms. The molecule has 0 fully saturated rings. The van der Waals surface area contributed by atoms with E-state index in [4.69, 9.17) is 4.74 Å². The van der Waals surface area contributed by atoms with Crippen molar-refractivity contribution in [2.75, 3.05) is 0 Å².